The molecule has 4 nitrogen and oxygen atoms in total. The monoisotopic (exact) mass is 214 g/mol. The molecule has 0 atom stereocenters. The van der Waals surface area contributed by atoms with Crippen LogP contribution in [0.4, 0.5) is 0 Å². The van der Waals surface area contributed by atoms with Crippen molar-refractivity contribution in [2.45, 2.75) is 26.4 Å². The SMILES string of the molecule is CC(C)N(C)CCNCc1csnn1. The number of hydrogen-bond donors (Lipinski definition) is 1. The van der Waals surface area contributed by atoms with Gasteiger partial charge in [0.1, 0.15) is 0 Å². The molecule has 0 amide bonds. The Balaban J connectivity index is 2.05. The molecule has 0 saturated carbocycles. The van der Waals surface area contributed by atoms with Crippen LogP contribution in [0, 0.1) is 0 Å². The van der Waals surface area contributed by atoms with Crippen LogP contribution in [0.3, 0.4) is 0 Å². The molecule has 0 saturated heterocycles. The lowest BCUT2D eigenvalue weighted by Crippen LogP contribution is -2.33. The predicted molar refractivity (Wildman–Crippen MR) is 59.4 cm³/mol. The van der Waals surface area contributed by atoms with Gasteiger partial charge in [0.25, 0.3) is 0 Å². The number of hydrogen-bond acceptors (Lipinski definition) is 5. The van der Waals surface area contributed by atoms with Crippen molar-refractivity contribution in [2.75, 3.05) is 20.1 Å². The minimum Gasteiger partial charge on any atom is -0.310 e. The van der Waals surface area contributed by atoms with E-state index in [-0.39, 0.29) is 0 Å². The third-order valence-electron chi connectivity index (χ3n) is 2.23. The highest BCUT2D eigenvalue weighted by atomic mass is 32.1. The largest absolute Gasteiger partial charge is 0.310 e. The van der Waals surface area contributed by atoms with E-state index in [0.29, 0.717) is 6.04 Å². The predicted octanol–water partition coefficient (Wildman–Crippen LogP) is 0.968. The fraction of sp³-hybridized carbons (Fsp3) is 0.778. The first kappa shape index (κ1) is 11.6. The molecule has 0 aliphatic carbocycles. The maximum absolute atomic E-state index is 3.96. The molecule has 0 aliphatic rings. The number of nitrogens with one attached hydrogen (secondary N) is 1. The number of aromatic nitrogens is 2. The van der Waals surface area contributed by atoms with E-state index in [1.165, 1.54) is 11.5 Å². The van der Waals surface area contributed by atoms with Gasteiger partial charge in [-0.2, -0.15) is 0 Å². The van der Waals surface area contributed by atoms with Crippen LogP contribution in [-0.4, -0.2) is 40.7 Å². The molecule has 1 rings (SSSR count). The summed E-state index contributed by atoms with van der Waals surface area (Å²) >= 11 is 1.40. The second-order valence-electron chi connectivity index (χ2n) is 3.65. The van der Waals surface area contributed by atoms with E-state index in [4.69, 9.17) is 0 Å². The van der Waals surface area contributed by atoms with Gasteiger partial charge in [-0.05, 0) is 32.4 Å². The third-order valence-corrected chi connectivity index (χ3v) is 2.79. The van der Waals surface area contributed by atoms with Crippen LogP contribution in [0.5, 0.6) is 0 Å². The van der Waals surface area contributed by atoms with Crippen LogP contribution in [0.15, 0.2) is 5.38 Å². The Bertz CT molecular complexity index is 235. The Kier molecular flexibility index (Phi) is 5.00. The lowest BCUT2D eigenvalue weighted by molar-refractivity contribution is 0.273. The second-order valence-corrected chi connectivity index (χ2v) is 4.26. The molecule has 80 valence electrons. The van der Waals surface area contributed by atoms with Crippen molar-refractivity contribution in [3.8, 4) is 0 Å². The van der Waals surface area contributed by atoms with Gasteiger partial charge in [0.05, 0.1) is 5.69 Å². The number of rotatable bonds is 6. The van der Waals surface area contributed by atoms with Gasteiger partial charge in [-0.1, -0.05) is 4.49 Å². The molecule has 0 unspecified atom stereocenters. The summed E-state index contributed by atoms with van der Waals surface area (Å²) in [5, 5.41) is 9.27. The van der Waals surface area contributed by atoms with E-state index in [1.807, 2.05) is 5.38 Å². The summed E-state index contributed by atoms with van der Waals surface area (Å²) in [6, 6.07) is 0.609. The van der Waals surface area contributed by atoms with Gasteiger partial charge in [-0.25, -0.2) is 0 Å². The summed E-state index contributed by atoms with van der Waals surface area (Å²) < 4.78 is 3.81. The zero-order valence-electron chi connectivity index (χ0n) is 9.03. The number of nitrogens with zero attached hydrogens (tertiary/aromatic N) is 3. The summed E-state index contributed by atoms with van der Waals surface area (Å²) in [4.78, 5) is 2.31. The Morgan fingerprint density at radius 2 is 2.36 bits per heavy atom. The van der Waals surface area contributed by atoms with E-state index in [2.05, 4.69) is 40.7 Å². The molecule has 14 heavy (non-hydrogen) atoms. The molecule has 5 heteroatoms. The summed E-state index contributed by atoms with van der Waals surface area (Å²) in [6.07, 6.45) is 0. The van der Waals surface area contributed by atoms with Crippen LogP contribution in [-0.2, 0) is 6.54 Å². The number of likely N-dealkylation sites (N-methyl/N-ethyl adjacent to an activating group) is 1. The van der Waals surface area contributed by atoms with E-state index in [0.717, 1.165) is 25.3 Å². The van der Waals surface area contributed by atoms with Gasteiger partial charge in [-0.15, -0.1) is 5.10 Å². The van der Waals surface area contributed by atoms with Crippen LogP contribution in [0.25, 0.3) is 0 Å². The van der Waals surface area contributed by atoms with Gasteiger partial charge >= 0.3 is 0 Å². The Morgan fingerprint density at radius 3 is 2.93 bits per heavy atom. The van der Waals surface area contributed by atoms with Crippen LogP contribution >= 0.6 is 11.5 Å². The molecule has 0 aromatic carbocycles. The summed E-state index contributed by atoms with van der Waals surface area (Å²) in [6.45, 7) is 7.28. The van der Waals surface area contributed by atoms with Crippen molar-refractivity contribution in [2.24, 2.45) is 0 Å². The van der Waals surface area contributed by atoms with Gasteiger partial charge in [0.15, 0.2) is 0 Å². The first-order chi connectivity index (χ1) is 6.70. The van der Waals surface area contributed by atoms with Gasteiger partial charge in [0, 0.05) is 31.1 Å². The van der Waals surface area contributed by atoms with Gasteiger partial charge in [0.2, 0.25) is 0 Å². The maximum atomic E-state index is 3.96. The Hall–Kier alpha value is -0.520. The summed E-state index contributed by atoms with van der Waals surface area (Å²) in [5.41, 5.74) is 1.03. The summed E-state index contributed by atoms with van der Waals surface area (Å²) in [7, 11) is 2.14. The zero-order valence-corrected chi connectivity index (χ0v) is 9.84. The fourth-order valence-corrected chi connectivity index (χ4v) is 1.44. The molecule has 1 heterocycles. The van der Waals surface area contributed by atoms with Crippen molar-refractivity contribution in [3.63, 3.8) is 0 Å². The first-order valence-corrected chi connectivity index (χ1v) is 5.70. The van der Waals surface area contributed by atoms with Gasteiger partial charge in [-0.3, -0.25) is 0 Å². The van der Waals surface area contributed by atoms with Crippen molar-refractivity contribution in [1.82, 2.24) is 19.8 Å². The highest BCUT2D eigenvalue weighted by Gasteiger charge is 2.01. The van der Waals surface area contributed by atoms with E-state index in [9.17, 15) is 0 Å². The molecule has 1 N–H and O–H groups in total. The third kappa shape index (κ3) is 4.13. The van der Waals surface area contributed by atoms with Crippen LogP contribution in [0.2, 0.25) is 0 Å². The molecule has 1 aromatic rings. The van der Waals surface area contributed by atoms with Crippen molar-refractivity contribution >= 4 is 11.5 Å². The Morgan fingerprint density at radius 1 is 1.57 bits per heavy atom. The molecule has 0 bridgehead atoms. The van der Waals surface area contributed by atoms with Crippen molar-refractivity contribution < 1.29 is 0 Å². The first-order valence-electron chi connectivity index (χ1n) is 4.87. The molecular weight excluding hydrogens is 196 g/mol. The quantitative estimate of drug-likeness (QED) is 0.716. The summed E-state index contributed by atoms with van der Waals surface area (Å²) in [5.74, 6) is 0. The minimum absolute atomic E-state index is 0.609. The van der Waals surface area contributed by atoms with Gasteiger partial charge < -0.3 is 10.2 Å². The fourth-order valence-electron chi connectivity index (χ4n) is 0.991. The van der Waals surface area contributed by atoms with E-state index in [1.54, 1.807) is 0 Å². The maximum Gasteiger partial charge on any atom is 0.0893 e. The van der Waals surface area contributed by atoms with Crippen molar-refractivity contribution in [1.29, 1.82) is 0 Å². The Labute approximate surface area is 89.5 Å². The molecule has 0 spiro atoms. The molecule has 0 radical (unpaired) electrons. The highest BCUT2D eigenvalue weighted by molar-refractivity contribution is 7.03. The zero-order chi connectivity index (χ0) is 10.4. The second kappa shape index (κ2) is 6.06. The van der Waals surface area contributed by atoms with Crippen molar-refractivity contribution in [3.05, 3.63) is 11.1 Å². The molecular formula is C9H18N4S. The van der Waals surface area contributed by atoms with Crippen LogP contribution in [0.1, 0.15) is 19.5 Å². The van der Waals surface area contributed by atoms with E-state index < -0.39 is 0 Å². The average Bonchev–Trinajstić information content (AvgIpc) is 2.64. The van der Waals surface area contributed by atoms with E-state index >= 15 is 0 Å². The smallest absolute Gasteiger partial charge is 0.0893 e. The lowest BCUT2D eigenvalue weighted by atomic mass is 10.3. The lowest BCUT2D eigenvalue weighted by Gasteiger charge is -2.20. The normalized spacial score (nSPS) is 11.5. The standard InChI is InChI=1S/C9H18N4S/c1-8(2)13(3)5-4-10-6-9-7-14-12-11-9/h7-8,10H,4-6H2,1-3H3. The molecule has 0 aliphatic heterocycles. The average molecular weight is 214 g/mol. The highest BCUT2D eigenvalue weighted by Crippen LogP contribution is 1.95. The minimum atomic E-state index is 0.609. The van der Waals surface area contributed by atoms with Crippen LogP contribution < -0.4 is 5.32 Å². The topological polar surface area (TPSA) is 41.0 Å². The molecule has 0 fully saturated rings. The molecule has 1 aromatic heterocycles.